The van der Waals surface area contributed by atoms with Crippen LogP contribution in [0.2, 0.25) is 0 Å². The Morgan fingerprint density at radius 2 is 0.539 bits per heavy atom. The van der Waals surface area contributed by atoms with Crippen LogP contribution in [0.25, 0.3) is 0 Å². The molecule has 0 rings (SSSR count). The zero-order valence-corrected chi connectivity index (χ0v) is 52.0. The van der Waals surface area contributed by atoms with E-state index in [-0.39, 0.29) is 18.5 Å². The van der Waals surface area contributed by atoms with Gasteiger partial charge in [0.2, 0.25) is 5.91 Å². The number of amides is 1. The molecule has 0 saturated heterocycles. The Balaban J connectivity index is 3.28. The Bertz CT molecular complexity index is 1100. The molecule has 0 fully saturated rings. The van der Waals surface area contributed by atoms with Gasteiger partial charge in [0, 0.05) is 12.8 Å². The first-order valence-corrected chi connectivity index (χ1v) is 35.3. The molecule has 0 spiro atoms. The molecule has 0 saturated carbocycles. The fourth-order valence-electron chi connectivity index (χ4n) is 11.5. The van der Waals surface area contributed by atoms with Gasteiger partial charge in [0.25, 0.3) is 0 Å². The van der Waals surface area contributed by atoms with Gasteiger partial charge in [0.05, 0.1) is 25.4 Å². The van der Waals surface area contributed by atoms with Crippen molar-refractivity contribution in [1.82, 2.24) is 5.32 Å². The highest BCUT2D eigenvalue weighted by Gasteiger charge is 2.20. The minimum atomic E-state index is -0.659. The van der Waals surface area contributed by atoms with Crippen molar-refractivity contribution >= 4 is 11.9 Å². The summed E-state index contributed by atoms with van der Waals surface area (Å²) in [5.41, 5.74) is 0. The summed E-state index contributed by atoms with van der Waals surface area (Å²) in [4.78, 5) is 24.6. The van der Waals surface area contributed by atoms with Gasteiger partial charge in [0.1, 0.15) is 0 Å². The number of carbonyl (C=O) groups is 2. The summed E-state index contributed by atoms with van der Waals surface area (Å²) < 4.78 is 5.51. The summed E-state index contributed by atoms with van der Waals surface area (Å²) in [6.07, 6.45) is 80.2. The summed E-state index contributed by atoms with van der Waals surface area (Å²) in [6.45, 7) is 4.99. The van der Waals surface area contributed by atoms with Crippen LogP contribution in [0.5, 0.6) is 0 Å². The molecule has 6 heteroatoms. The Labute approximate surface area is 476 Å². The molecule has 454 valence electrons. The minimum absolute atomic E-state index is 0.0256. The van der Waals surface area contributed by atoms with E-state index in [1.165, 1.54) is 340 Å². The van der Waals surface area contributed by atoms with E-state index in [1.807, 2.05) is 0 Å². The fourth-order valence-corrected chi connectivity index (χ4v) is 11.5. The van der Waals surface area contributed by atoms with Gasteiger partial charge < -0.3 is 20.3 Å². The van der Waals surface area contributed by atoms with E-state index >= 15 is 0 Å². The number of unbranched alkanes of at least 4 members (excludes halogenated alkanes) is 56. The van der Waals surface area contributed by atoms with Crippen molar-refractivity contribution in [1.29, 1.82) is 0 Å². The van der Waals surface area contributed by atoms with Gasteiger partial charge in [-0.15, -0.1) is 0 Å². The maximum absolute atomic E-state index is 12.5. The minimum Gasteiger partial charge on any atom is -0.466 e. The molecule has 2 atom stereocenters. The maximum Gasteiger partial charge on any atom is 0.305 e. The summed E-state index contributed by atoms with van der Waals surface area (Å²) in [5.74, 6) is -0.00377. The first-order chi connectivity index (χ1) is 37.5. The van der Waals surface area contributed by atoms with Crippen LogP contribution in [0.1, 0.15) is 412 Å². The predicted octanol–water partition coefficient (Wildman–Crippen LogP) is 22.6. The van der Waals surface area contributed by atoms with Crippen molar-refractivity contribution in [3.63, 3.8) is 0 Å². The Hall–Kier alpha value is -1.14. The summed E-state index contributed by atoms with van der Waals surface area (Å²) >= 11 is 0. The largest absolute Gasteiger partial charge is 0.466 e. The number of nitrogens with one attached hydrogen (secondary N) is 1. The first kappa shape index (κ1) is 74.9. The van der Waals surface area contributed by atoms with E-state index < -0.39 is 12.1 Å². The zero-order chi connectivity index (χ0) is 55.0. The van der Waals surface area contributed by atoms with Gasteiger partial charge >= 0.3 is 5.97 Å². The number of hydrogen-bond acceptors (Lipinski definition) is 5. The number of aliphatic hydroxyl groups is 2. The van der Waals surface area contributed by atoms with Crippen LogP contribution < -0.4 is 5.32 Å². The van der Waals surface area contributed by atoms with Gasteiger partial charge in [-0.3, -0.25) is 9.59 Å². The SMILES string of the molecule is CCCCCCCCCCCCCCCCCCCCC(=O)OCCCCCCCCCCCCCCCCCCCCCCCCCCCCCCCCC(=O)NC(CO)C(O)CCCCCCCCCCCCC. The average molecular weight is 1070 g/mol. The van der Waals surface area contributed by atoms with Crippen molar-refractivity contribution in [2.45, 2.75) is 424 Å². The van der Waals surface area contributed by atoms with Crippen LogP contribution in [-0.4, -0.2) is 47.4 Å². The number of ether oxygens (including phenoxy) is 1. The van der Waals surface area contributed by atoms with Crippen molar-refractivity contribution in [3.05, 3.63) is 0 Å². The van der Waals surface area contributed by atoms with Gasteiger partial charge in [-0.1, -0.05) is 373 Å². The lowest BCUT2D eigenvalue weighted by molar-refractivity contribution is -0.143. The van der Waals surface area contributed by atoms with E-state index in [0.717, 1.165) is 38.5 Å². The summed E-state index contributed by atoms with van der Waals surface area (Å²) in [5, 5.41) is 23.2. The molecule has 0 aromatic heterocycles. The van der Waals surface area contributed by atoms with Crippen LogP contribution in [0.15, 0.2) is 0 Å². The number of hydrogen-bond donors (Lipinski definition) is 3. The second kappa shape index (κ2) is 66.4. The third kappa shape index (κ3) is 62.1. The topological polar surface area (TPSA) is 95.9 Å². The first-order valence-electron chi connectivity index (χ1n) is 35.3. The quantitative estimate of drug-likeness (QED) is 0.0417. The molecular weight excluding hydrogens is 935 g/mol. The molecule has 0 aliphatic heterocycles. The molecule has 0 aliphatic carbocycles. The molecule has 6 nitrogen and oxygen atoms in total. The molecule has 2 unspecified atom stereocenters. The molecule has 0 aromatic rings. The summed E-state index contributed by atoms with van der Waals surface area (Å²) in [6, 6.07) is -0.536. The van der Waals surface area contributed by atoms with Crippen LogP contribution in [0, 0.1) is 0 Å². The number of aliphatic hydroxyl groups excluding tert-OH is 2. The monoisotopic (exact) mass is 1070 g/mol. The highest BCUT2D eigenvalue weighted by atomic mass is 16.5. The second-order valence-electron chi connectivity index (χ2n) is 24.6. The second-order valence-corrected chi connectivity index (χ2v) is 24.6. The van der Waals surface area contributed by atoms with Crippen molar-refractivity contribution in [2.24, 2.45) is 0 Å². The van der Waals surface area contributed by atoms with Crippen molar-refractivity contribution in [2.75, 3.05) is 13.2 Å². The fraction of sp³-hybridized carbons (Fsp3) is 0.971. The highest BCUT2D eigenvalue weighted by Crippen LogP contribution is 2.20. The number of carbonyl (C=O) groups excluding carboxylic acids is 2. The lowest BCUT2D eigenvalue weighted by atomic mass is 10.0. The van der Waals surface area contributed by atoms with Gasteiger partial charge in [0.15, 0.2) is 0 Å². The van der Waals surface area contributed by atoms with Gasteiger partial charge in [-0.25, -0.2) is 0 Å². The van der Waals surface area contributed by atoms with Crippen LogP contribution >= 0.6 is 0 Å². The Morgan fingerprint density at radius 3 is 0.803 bits per heavy atom. The maximum atomic E-state index is 12.5. The third-order valence-electron chi connectivity index (χ3n) is 16.9. The molecule has 0 aromatic carbocycles. The van der Waals surface area contributed by atoms with Crippen LogP contribution in [-0.2, 0) is 14.3 Å². The normalized spacial score (nSPS) is 12.4. The standard InChI is InChI=1S/C70H139NO5/c1-3-5-7-9-11-13-15-16-17-18-34-37-40-44-48-52-56-60-64-70(75)76-65-61-57-53-49-45-41-38-35-32-30-28-26-24-22-20-19-21-23-25-27-29-31-33-36-39-43-47-51-55-59-63-69(74)71-67(66-72)68(73)62-58-54-50-46-42-14-12-10-8-6-4-2/h67-68,72-73H,3-66H2,1-2H3,(H,71,74). The van der Waals surface area contributed by atoms with Crippen LogP contribution in [0.4, 0.5) is 0 Å². The molecule has 0 bridgehead atoms. The molecule has 3 N–H and O–H groups in total. The molecule has 0 aliphatic rings. The van der Waals surface area contributed by atoms with Gasteiger partial charge in [-0.05, 0) is 25.7 Å². The lowest BCUT2D eigenvalue weighted by Crippen LogP contribution is -2.45. The molecule has 0 heterocycles. The summed E-state index contributed by atoms with van der Waals surface area (Å²) in [7, 11) is 0. The van der Waals surface area contributed by atoms with E-state index in [1.54, 1.807) is 0 Å². The molecular formula is C70H139NO5. The third-order valence-corrected chi connectivity index (χ3v) is 16.9. The van der Waals surface area contributed by atoms with Crippen molar-refractivity contribution < 1.29 is 24.5 Å². The number of esters is 1. The van der Waals surface area contributed by atoms with E-state index in [4.69, 9.17) is 4.74 Å². The predicted molar refractivity (Wildman–Crippen MR) is 334 cm³/mol. The Morgan fingerprint density at radius 1 is 0.316 bits per heavy atom. The average Bonchev–Trinajstić information content (AvgIpc) is 3.42. The number of rotatable bonds is 67. The zero-order valence-electron chi connectivity index (χ0n) is 52.0. The molecule has 1 amide bonds. The molecule has 76 heavy (non-hydrogen) atoms. The van der Waals surface area contributed by atoms with Crippen LogP contribution in [0.3, 0.4) is 0 Å². The van der Waals surface area contributed by atoms with E-state index in [2.05, 4.69) is 19.2 Å². The van der Waals surface area contributed by atoms with Crippen molar-refractivity contribution in [3.8, 4) is 0 Å². The Kier molecular flexibility index (Phi) is 65.4. The van der Waals surface area contributed by atoms with E-state index in [9.17, 15) is 19.8 Å². The molecule has 0 radical (unpaired) electrons. The van der Waals surface area contributed by atoms with E-state index in [0.29, 0.717) is 25.9 Å². The smallest absolute Gasteiger partial charge is 0.305 e. The van der Waals surface area contributed by atoms with Gasteiger partial charge in [-0.2, -0.15) is 0 Å². The lowest BCUT2D eigenvalue weighted by Gasteiger charge is -2.22. The highest BCUT2D eigenvalue weighted by molar-refractivity contribution is 5.76.